The number of carbonyl (C=O) groups is 1. The van der Waals surface area contributed by atoms with Gasteiger partial charge < -0.3 is 9.47 Å². The average Bonchev–Trinajstić information content (AvgIpc) is 3.15. The smallest absolute Gasteiger partial charge is 0.348 e. The van der Waals surface area contributed by atoms with Gasteiger partial charge in [-0.1, -0.05) is 26.7 Å². The minimum absolute atomic E-state index is 0.0503. The molecule has 0 saturated heterocycles. The quantitative estimate of drug-likeness (QED) is 0.404. The maximum absolute atomic E-state index is 12.4. The van der Waals surface area contributed by atoms with Gasteiger partial charge in [-0.15, -0.1) is 22.7 Å². The molecule has 3 rings (SSSR count). The second-order valence-electron chi connectivity index (χ2n) is 6.83. The van der Waals surface area contributed by atoms with Gasteiger partial charge in [0.05, 0.1) is 6.10 Å². The summed E-state index contributed by atoms with van der Waals surface area (Å²) in [6.07, 6.45) is 8.83. The minimum atomic E-state index is -0.152. The number of aryl methyl sites for hydroxylation is 1. The summed E-state index contributed by atoms with van der Waals surface area (Å²) in [6.45, 7) is 5.23. The van der Waals surface area contributed by atoms with Crippen molar-refractivity contribution in [2.45, 2.75) is 77.4 Å². The van der Waals surface area contributed by atoms with Gasteiger partial charge in [0.25, 0.3) is 0 Å². The van der Waals surface area contributed by atoms with Crippen LogP contribution in [-0.2, 0) is 15.9 Å². The molecule has 1 fully saturated rings. The first-order valence-electron chi connectivity index (χ1n) is 9.54. The molecular formula is C20H28O3S2. The molecule has 0 atom stereocenters. The van der Waals surface area contributed by atoms with Crippen LogP contribution < -0.4 is 0 Å². The number of unbranched alkanes of at least 4 members (excludes halogenated alkanes) is 1. The molecule has 5 heteroatoms. The normalized spacial score (nSPS) is 20.9. The summed E-state index contributed by atoms with van der Waals surface area (Å²) in [5.41, 5.74) is 0. The fraction of sp³-hybridized carbons (Fsp3) is 0.650. The van der Waals surface area contributed by atoms with Crippen molar-refractivity contribution in [1.29, 1.82) is 0 Å². The number of thiophene rings is 2. The summed E-state index contributed by atoms with van der Waals surface area (Å²) < 4.78 is 14.1. The predicted octanol–water partition coefficient (Wildman–Crippen LogP) is 6.20. The summed E-state index contributed by atoms with van der Waals surface area (Å²) in [5.74, 6) is -0.152. The zero-order valence-electron chi connectivity index (χ0n) is 15.2. The lowest BCUT2D eigenvalue weighted by atomic mass is 9.95. The molecule has 0 bridgehead atoms. The molecule has 0 aromatic carbocycles. The molecule has 2 heterocycles. The number of hydrogen-bond donors (Lipinski definition) is 0. The Hall–Kier alpha value is -0.910. The van der Waals surface area contributed by atoms with Crippen molar-refractivity contribution in [2.75, 3.05) is 6.61 Å². The van der Waals surface area contributed by atoms with E-state index in [0.29, 0.717) is 6.10 Å². The lowest BCUT2D eigenvalue weighted by Crippen LogP contribution is -2.28. The Morgan fingerprint density at radius 3 is 2.44 bits per heavy atom. The van der Waals surface area contributed by atoms with Crippen LogP contribution in [0.2, 0.25) is 0 Å². The lowest BCUT2D eigenvalue weighted by Gasteiger charge is -2.28. The van der Waals surface area contributed by atoms with Crippen LogP contribution in [0.25, 0.3) is 9.40 Å². The van der Waals surface area contributed by atoms with E-state index in [4.69, 9.17) is 9.47 Å². The van der Waals surface area contributed by atoms with Gasteiger partial charge in [-0.25, -0.2) is 4.79 Å². The van der Waals surface area contributed by atoms with Crippen molar-refractivity contribution in [3.8, 4) is 0 Å². The maximum Gasteiger partial charge on any atom is 0.348 e. The van der Waals surface area contributed by atoms with Crippen LogP contribution in [0.3, 0.4) is 0 Å². The molecule has 1 saturated carbocycles. The van der Waals surface area contributed by atoms with Crippen LogP contribution in [0, 0.1) is 0 Å². The highest BCUT2D eigenvalue weighted by molar-refractivity contribution is 7.28. The van der Waals surface area contributed by atoms with Gasteiger partial charge >= 0.3 is 5.97 Å². The molecule has 2 aromatic rings. The Labute approximate surface area is 158 Å². The third kappa shape index (κ3) is 5.05. The van der Waals surface area contributed by atoms with Crippen LogP contribution in [0.1, 0.15) is 73.3 Å². The SMILES string of the molecule is CCCCO[C@H]1CC[C@H](OC(=O)c2cc3sc(CCC)cc3s2)CC1. The Kier molecular flexibility index (Phi) is 6.91. The van der Waals surface area contributed by atoms with Gasteiger partial charge in [0.2, 0.25) is 0 Å². The number of carbonyl (C=O) groups excluding carboxylic acids is 1. The number of fused-ring (bicyclic) bond motifs is 1. The molecule has 25 heavy (non-hydrogen) atoms. The van der Waals surface area contributed by atoms with E-state index in [1.165, 1.54) is 20.7 Å². The van der Waals surface area contributed by atoms with Crippen LogP contribution >= 0.6 is 22.7 Å². The van der Waals surface area contributed by atoms with E-state index in [0.717, 1.165) is 56.4 Å². The highest BCUT2D eigenvalue weighted by Gasteiger charge is 2.25. The van der Waals surface area contributed by atoms with E-state index in [2.05, 4.69) is 19.9 Å². The second-order valence-corrected chi connectivity index (χ2v) is 9.08. The van der Waals surface area contributed by atoms with Crippen molar-refractivity contribution in [1.82, 2.24) is 0 Å². The van der Waals surface area contributed by atoms with Crippen molar-refractivity contribution in [2.24, 2.45) is 0 Å². The van der Waals surface area contributed by atoms with Crippen LogP contribution in [0.15, 0.2) is 12.1 Å². The third-order valence-corrected chi connectivity index (χ3v) is 7.04. The molecule has 0 N–H and O–H groups in total. The van der Waals surface area contributed by atoms with Crippen molar-refractivity contribution in [3.63, 3.8) is 0 Å². The molecule has 3 nitrogen and oxygen atoms in total. The lowest BCUT2D eigenvalue weighted by molar-refractivity contribution is -0.0199. The molecule has 0 unspecified atom stereocenters. The first-order valence-corrected chi connectivity index (χ1v) is 11.2. The zero-order chi connectivity index (χ0) is 17.6. The highest BCUT2D eigenvalue weighted by Crippen LogP contribution is 2.34. The summed E-state index contributed by atoms with van der Waals surface area (Å²) in [7, 11) is 0. The van der Waals surface area contributed by atoms with Crippen LogP contribution in [-0.4, -0.2) is 24.8 Å². The first kappa shape index (κ1) is 18.9. The van der Waals surface area contributed by atoms with Gasteiger partial charge in [-0.3, -0.25) is 0 Å². The van der Waals surface area contributed by atoms with Crippen molar-refractivity contribution >= 4 is 38.0 Å². The van der Waals surface area contributed by atoms with Crippen LogP contribution in [0.4, 0.5) is 0 Å². The van der Waals surface area contributed by atoms with E-state index < -0.39 is 0 Å². The Balaban J connectivity index is 1.48. The molecule has 1 aliphatic rings. The van der Waals surface area contributed by atoms with Crippen molar-refractivity contribution in [3.05, 3.63) is 21.9 Å². The summed E-state index contributed by atoms with van der Waals surface area (Å²) >= 11 is 3.37. The number of ether oxygens (including phenoxy) is 2. The van der Waals surface area contributed by atoms with E-state index in [1.54, 1.807) is 22.7 Å². The van der Waals surface area contributed by atoms with Gasteiger partial charge in [0, 0.05) is 20.9 Å². The molecule has 138 valence electrons. The highest BCUT2D eigenvalue weighted by atomic mass is 32.1. The number of esters is 1. The largest absolute Gasteiger partial charge is 0.458 e. The first-order chi connectivity index (χ1) is 12.2. The van der Waals surface area contributed by atoms with Gasteiger partial charge in [-0.05, 0) is 50.7 Å². The van der Waals surface area contributed by atoms with Crippen molar-refractivity contribution < 1.29 is 14.3 Å². The van der Waals surface area contributed by atoms with E-state index in [-0.39, 0.29) is 12.1 Å². The Bertz CT molecular complexity index is 649. The maximum atomic E-state index is 12.4. The van der Waals surface area contributed by atoms with Crippen LogP contribution in [0.5, 0.6) is 0 Å². The second kappa shape index (κ2) is 9.15. The Morgan fingerprint density at radius 1 is 1.04 bits per heavy atom. The molecule has 0 amide bonds. The zero-order valence-corrected chi connectivity index (χ0v) is 16.8. The minimum Gasteiger partial charge on any atom is -0.458 e. The van der Waals surface area contributed by atoms with Gasteiger partial charge in [0.1, 0.15) is 11.0 Å². The van der Waals surface area contributed by atoms with Gasteiger partial charge in [-0.2, -0.15) is 0 Å². The fourth-order valence-corrected chi connectivity index (χ4v) is 5.68. The molecule has 2 aromatic heterocycles. The molecular weight excluding hydrogens is 352 g/mol. The van der Waals surface area contributed by atoms with E-state index in [9.17, 15) is 4.79 Å². The monoisotopic (exact) mass is 380 g/mol. The number of hydrogen-bond acceptors (Lipinski definition) is 5. The summed E-state index contributed by atoms with van der Waals surface area (Å²) in [5, 5.41) is 0. The Morgan fingerprint density at radius 2 is 1.76 bits per heavy atom. The standard InChI is InChI=1S/C20H28O3S2/c1-3-5-11-22-14-7-9-15(10-8-14)23-20(21)19-13-18-17(25-19)12-16(24-18)6-4-2/h12-15H,3-11H2,1-2H3/t14-,15-. The fourth-order valence-electron chi connectivity index (χ4n) is 3.28. The van der Waals surface area contributed by atoms with E-state index >= 15 is 0 Å². The van der Waals surface area contributed by atoms with Gasteiger partial charge in [0.15, 0.2) is 0 Å². The molecule has 1 aliphatic carbocycles. The number of rotatable bonds is 8. The molecule has 0 spiro atoms. The van der Waals surface area contributed by atoms with E-state index in [1.807, 2.05) is 6.07 Å². The summed E-state index contributed by atoms with van der Waals surface area (Å²) in [4.78, 5) is 14.6. The molecule has 0 radical (unpaired) electrons. The average molecular weight is 381 g/mol. The predicted molar refractivity (Wildman–Crippen MR) is 106 cm³/mol. The molecule has 0 aliphatic heterocycles. The third-order valence-electron chi connectivity index (χ3n) is 4.70. The summed E-state index contributed by atoms with van der Waals surface area (Å²) in [6, 6.07) is 4.23. The topological polar surface area (TPSA) is 35.5 Å².